The molecule has 29 heavy (non-hydrogen) atoms. The summed E-state index contributed by atoms with van der Waals surface area (Å²) in [6, 6.07) is 16.8. The SMILES string of the molecule is CCCCNC(=O)[C@H](CC)N(Cc1ccccc1)C(=O)COc1ccccc1C. The van der Waals surface area contributed by atoms with Crippen LogP contribution >= 0.6 is 0 Å². The number of unbranched alkanes of at least 4 members (excludes halogenated alkanes) is 1. The molecule has 2 aromatic rings. The average molecular weight is 397 g/mol. The first-order chi connectivity index (χ1) is 14.1. The van der Waals surface area contributed by atoms with Crippen LogP contribution in [0.5, 0.6) is 5.75 Å². The van der Waals surface area contributed by atoms with Gasteiger partial charge < -0.3 is 15.0 Å². The van der Waals surface area contributed by atoms with Gasteiger partial charge in [0, 0.05) is 13.1 Å². The second kappa shape index (κ2) is 11.9. The smallest absolute Gasteiger partial charge is 0.261 e. The third-order valence-corrected chi connectivity index (χ3v) is 4.86. The number of carbonyl (C=O) groups is 2. The van der Waals surface area contributed by atoms with Crippen LogP contribution in [0.3, 0.4) is 0 Å². The van der Waals surface area contributed by atoms with Crippen LogP contribution in [0, 0.1) is 6.92 Å². The van der Waals surface area contributed by atoms with Crippen molar-refractivity contribution < 1.29 is 14.3 Å². The molecule has 0 aliphatic carbocycles. The summed E-state index contributed by atoms with van der Waals surface area (Å²) < 4.78 is 5.77. The van der Waals surface area contributed by atoms with Crippen molar-refractivity contribution in [2.45, 2.75) is 52.6 Å². The van der Waals surface area contributed by atoms with E-state index >= 15 is 0 Å². The first-order valence-corrected chi connectivity index (χ1v) is 10.4. The van der Waals surface area contributed by atoms with Gasteiger partial charge in [-0.15, -0.1) is 0 Å². The number of nitrogens with zero attached hydrogens (tertiary/aromatic N) is 1. The highest BCUT2D eigenvalue weighted by Gasteiger charge is 2.28. The Kier molecular flexibility index (Phi) is 9.22. The Morgan fingerprint density at radius 2 is 1.72 bits per heavy atom. The molecule has 0 unspecified atom stereocenters. The van der Waals surface area contributed by atoms with Crippen LogP contribution in [-0.2, 0) is 16.1 Å². The highest BCUT2D eigenvalue weighted by molar-refractivity contribution is 5.88. The molecule has 0 aliphatic heterocycles. The molecule has 0 aliphatic rings. The van der Waals surface area contributed by atoms with Crippen LogP contribution in [0.25, 0.3) is 0 Å². The van der Waals surface area contributed by atoms with Gasteiger partial charge in [0.2, 0.25) is 5.91 Å². The van der Waals surface area contributed by atoms with Gasteiger partial charge in [0.1, 0.15) is 11.8 Å². The maximum absolute atomic E-state index is 13.1. The van der Waals surface area contributed by atoms with Crippen molar-refractivity contribution >= 4 is 11.8 Å². The minimum atomic E-state index is -0.528. The van der Waals surface area contributed by atoms with Gasteiger partial charge in [-0.05, 0) is 37.0 Å². The minimum Gasteiger partial charge on any atom is -0.484 e. The molecule has 2 amide bonds. The Balaban J connectivity index is 2.15. The van der Waals surface area contributed by atoms with E-state index in [2.05, 4.69) is 12.2 Å². The number of benzene rings is 2. The summed E-state index contributed by atoms with van der Waals surface area (Å²) in [5, 5.41) is 2.96. The van der Waals surface area contributed by atoms with Crippen molar-refractivity contribution in [3.8, 4) is 5.75 Å². The van der Waals surface area contributed by atoms with E-state index in [0.717, 1.165) is 24.0 Å². The first kappa shape index (κ1) is 22.5. The van der Waals surface area contributed by atoms with Crippen molar-refractivity contribution in [1.82, 2.24) is 10.2 Å². The fourth-order valence-corrected chi connectivity index (χ4v) is 3.15. The molecule has 0 saturated heterocycles. The lowest BCUT2D eigenvalue weighted by atomic mass is 10.1. The number of carbonyl (C=O) groups excluding carboxylic acids is 2. The second-order valence-electron chi connectivity index (χ2n) is 7.13. The summed E-state index contributed by atoms with van der Waals surface area (Å²) in [6.45, 7) is 6.85. The van der Waals surface area contributed by atoms with Crippen LogP contribution in [0.4, 0.5) is 0 Å². The molecule has 0 spiro atoms. The van der Waals surface area contributed by atoms with Crippen molar-refractivity contribution in [3.63, 3.8) is 0 Å². The molecule has 1 atom stereocenters. The fraction of sp³-hybridized carbons (Fsp3) is 0.417. The molecule has 0 aromatic heterocycles. The molecule has 2 aromatic carbocycles. The van der Waals surface area contributed by atoms with Gasteiger partial charge in [0.25, 0.3) is 5.91 Å². The summed E-state index contributed by atoms with van der Waals surface area (Å²) >= 11 is 0. The van der Waals surface area contributed by atoms with Gasteiger partial charge in [-0.25, -0.2) is 0 Å². The van der Waals surface area contributed by atoms with Gasteiger partial charge in [-0.3, -0.25) is 9.59 Å². The Morgan fingerprint density at radius 3 is 2.38 bits per heavy atom. The van der Waals surface area contributed by atoms with Crippen molar-refractivity contribution in [2.24, 2.45) is 0 Å². The van der Waals surface area contributed by atoms with Gasteiger partial charge >= 0.3 is 0 Å². The van der Waals surface area contributed by atoms with E-state index in [1.54, 1.807) is 4.90 Å². The molecule has 5 heteroatoms. The monoisotopic (exact) mass is 396 g/mol. The normalized spacial score (nSPS) is 11.6. The van der Waals surface area contributed by atoms with Gasteiger partial charge in [0.05, 0.1) is 0 Å². The number of nitrogens with one attached hydrogen (secondary N) is 1. The summed E-state index contributed by atoms with van der Waals surface area (Å²) in [7, 11) is 0. The quantitative estimate of drug-likeness (QED) is 0.582. The highest BCUT2D eigenvalue weighted by atomic mass is 16.5. The largest absolute Gasteiger partial charge is 0.484 e. The van der Waals surface area contributed by atoms with Crippen LogP contribution in [-0.4, -0.2) is 35.9 Å². The van der Waals surface area contributed by atoms with Crippen molar-refractivity contribution in [1.29, 1.82) is 0 Å². The standard InChI is InChI=1S/C24H32N2O3/c1-4-6-16-25-24(28)21(5-2)26(17-20-13-8-7-9-14-20)23(27)18-29-22-15-11-10-12-19(22)3/h7-15,21H,4-6,16-18H2,1-3H3,(H,25,28)/t21-/m0/s1. The van der Waals surface area contributed by atoms with E-state index in [-0.39, 0.29) is 18.4 Å². The summed E-state index contributed by atoms with van der Waals surface area (Å²) in [6.07, 6.45) is 2.47. The summed E-state index contributed by atoms with van der Waals surface area (Å²) in [5.41, 5.74) is 1.95. The van der Waals surface area contributed by atoms with E-state index in [1.165, 1.54) is 0 Å². The van der Waals surface area contributed by atoms with E-state index < -0.39 is 6.04 Å². The zero-order valence-corrected chi connectivity index (χ0v) is 17.7. The lowest BCUT2D eigenvalue weighted by Crippen LogP contribution is -2.50. The van der Waals surface area contributed by atoms with E-state index in [0.29, 0.717) is 25.3 Å². The molecule has 2 rings (SSSR count). The van der Waals surface area contributed by atoms with E-state index in [1.807, 2.05) is 68.4 Å². The van der Waals surface area contributed by atoms with Crippen LogP contribution in [0.1, 0.15) is 44.2 Å². The zero-order valence-electron chi connectivity index (χ0n) is 17.7. The molecule has 156 valence electrons. The average Bonchev–Trinajstić information content (AvgIpc) is 2.73. The lowest BCUT2D eigenvalue weighted by Gasteiger charge is -2.30. The molecular formula is C24H32N2O3. The van der Waals surface area contributed by atoms with Crippen LogP contribution < -0.4 is 10.1 Å². The van der Waals surface area contributed by atoms with Crippen LogP contribution in [0.2, 0.25) is 0 Å². The number of aryl methyl sites for hydroxylation is 1. The molecule has 0 fully saturated rings. The van der Waals surface area contributed by atoms with E-state index in [9.17, 15) is 9.59 Å². The number of amides is 2. The topological polar surface area (TPSA) is 58.6 Å². The number of hydrogen-bond acceptors (Lipinski definition) is 3. The third kappa shape index (κ3) is 6.93. The van der Waals surface area contributed by atoms with Gasteiger partial charge in [0.15, 0.2) is 6.61 Å². The zero-order chi connectivity index (χ0) is 21.1. The minimum absolute atomic E-state index is 0.101. The Bertz CT molecular complexity index is 777. The number of hydrogen-bond donors (Lipinski definition) is 1. The first-order valence-electron chi connectivity index (χ1n) is 10.4. The maximum Gasteiger partial charge on any atom is 0.261 e. The van der Waals surface area contributed by atoms with E-state index in [4.69, 9.17) is 4.74 Å². The lowest BCUT2D eigenvalue weighted by molar-refractivity contribution is -0.143. The molecule has 0 radical (unpaired) electrons. The molecule has 0 heterocycles. The Labute approximate surface area is 174 Å². The van der Waals surface area contributed by atoms with Gasteiger partial charge in [-0.1, -0.05) is 68.8 Å². The maximum atomic E-state index is 13.1. The Morgan fingerprint density at radius 1 is 1.03 bits per heavy atom. The second-order valence-corrected chi connectivity index (χ2v) is 7.13. The van der Waals surface area contributed by atoms with Crippen LogP contribution in [0.15, 0.2) is 54.6 Å². The third-order valence-electron chi connectivity index (χ3n) is 4.86. The molecule has 0 saturated carbocycles. The number of rotatable bonds is 11. The molecule has 5 nitrogen and oxygen atoms in total. The number of para-hydroxylation sites is 1. The summed E-state index contributed by atoms with van der Waals surface area (Å²) in [5.74, 6) is 0.372. The van der Waals surface area contributed by atoms with Gasteiger partial charge in [-0.2, -0.15) is 0 Å². The predicted molar refractivity (Wildman–Crippen MR) is 116 cm³/mol. The fourth-order valence-electron chi connectivity index (χ4n) is 3.15. The Hall–Kier alpha value is -2.82. The predicted octanol–water partition coefficient (Wildman–Crippen LogP) is 4.10. The summed E-state index contributed by atoms with van der Waals surface area (Å²) in [4.78, 5) is 27.5. The highest BCUT2D eigenvalue weighted by Crippen LogP contribution is 2.17. The molecule has 0 bridgehead atoms. The molecular weight excluding hydrogens is 364 g/mol. The van der Waals surface area contributed by atoms with Crippen molar-refractivity contribution in [2.75, 3.05) is 13.2 Å². The van der Waals surface area contributed by atoms with Crippen molar-refractivity contribution in [3.05, 3.63) is 65.7 Å². The molecule has 1 N–H and O–H groups in total. The number of ether oxygens (including phenoxy) is 1.